The molecule has 0 radical (unpaired) electrons. The summed E-state index contributed by atoms with van der Waals surface area (Å²) >= 11 is 6.27. The molecule has 0 aliphatic carbocycles. The van der Waals surface area contributed by atoms with Crippen LogP contribution in [-0.2, 0) is 22.6 Å². The quantitative estimate of drug-likeness (QED) is 0.351. The van der Waals surface area contributed by atoms with Crippen LogP contribution in [0.1, 0.15) is 46.8 Å². The van der Waals surface area contributed by atoms with Crippen LogP contribution in [0.2, 0.25) is 0 Å². The van der Waals surface area contributed by atoms with E-state index in [0.29, 0.717) is 16.9 Å². The first kappa shape index (κ1) is 25.2. The van der Waals surface area contributed by atoms with Crippen molar-refractivity contribution in [3.63, 3.8) is 0 Å². The molecule has 3 amide bonds. The van der Waals surface area contributed by atoms with E-state index in [0.717, 1.165) is 35.3 Å². The largest absolute Gasteiger partial charge is 0.349 e. The number of benzene rings is 3. The van der Waals surface area contributed by atoms with Crippen molar-refractivity contribution in [1.29, 1.82) is 0 Å². The van der Waals surface area contributed by atoms with Crippen molar-refractivity contribution in [2.24, 2.45) is 0 Å². The zero-order valence-electron chi connectivity index (χ0n) is 20.3. The Morgan fingerprint density at radius 2 is 1.64 bits per heavy atom. The highest BCUT2D eigenvalue weighted by Gasteiger charge is 2.38. The number of unbranched alkanes of at least 4 members (excludes halogenated alkanes) is 1. The molecule has 0 atom stereocenters. The summed E-state index contributed by atoms with van der Waals surface area (Å²) in [5.74, 6) is -1.34. The monoisotopic (exact) mass is 501 g/mol. The first-order chi connectivity index (χ1) is 17.4. The number of carbonyl (C=O) groups excluding carboxylic acids is 3. The molecule has 184 valence electrons. The Bertz CT molecular complexity index is 1320. The predicted octanol–water partition coefficient (Wildman–Crippen LogP) is 6.02. The minimum Gasteiger partial charge on any atom is -0.349 e. The van der Waals surface area contributed by atoms with Crippen LogP contribution in [0.5, 0.6) is 0 Å². The Morgan fingerprint density at radius 3 is 2.33 bits per heavy atom. The van der Waals surface area contributed by atoms with E-state index in [1.165, 1.54) is 5.56 Å². The van der Waals surface area contributed by atoms with Gasteiger partial charge in [-0.05, 0) is 60.7 Å². The fraction of sp³-hybridized carbons (Fsp3) is 0.207. The SMILES string of the molecule is CCCCc1ccc(NC(=O)c2ccc(C)c(NC3=C(Cl)C(=O)N(Cc4ccccc4)C3=O)c2)cc1. The maximum absolute atomic E-state index is 13.0. The van der Waals surface area contributed by atoms with Crippen molar-refractivity contribution in [3.8, 4) is 0 Å². The number of nitrogens with zero attached hydrogens (tertiary/aromatic N) is 1. The van der Waals surface area contributed by atoms with Crippen LogP contribution in [0.15, 0.2) is 83.5 Å². The molecule has 1 heterocycles. The van der Waals surface area contributed by atoms with E-state index < -0.39 is 11.8 Å². The molecule has 1 aliphatic heterocycles. The molecule has 3 aromatic rings. The smallest absolute Gasteiger partial charge is 0.279 e. The Kier molecular flexibility index (Phi) is 7.86. The van der Waals surface area contributed by atoms with Crippen molar-refractivity contribution in [2.45, 2.75) is 39.7 Å². The molecular weight excluding hydrogens is 474 g/mol. The van der Waals surface area contributed by atoms with Crippen LogP contribution in [-0.4, -0.2) is 22.6 Å². The lowest BCUT2D eigenvalue weighted by Crippen LogP contribution is -2.31. The van der Waals surface area contributed by atoms with Crippen molar-refractivity contribution < 1.29 is 14.4 Å². The summed E-state index contributed by atoms with van der Waals surface area (Å²) in [7, 11) is 0. The number of anilines is 2. The van der Waals surface area contributed by atoms with E-state index in [4.69, 9.17) is 11.6 Å². The molecule has 0 bridgehead atoms. The van der Waals surface area contributed by atoms with E-state index in [1.807, 2.05) is 61.5 Å². The standard InChI is InChI=1S/C29H28ClN3O3/c1-3-4-8-20-12-15-23(16-13-20)31-27(34)22-14-11-19(2)24(17-22)32-26-25(30)28(35)33(29(26)36)18-21-9-6-5-7-10-21/h5-7,9-17,32H,3-4,8,18H2,1-2H3,(H,31,34). The van der Waals surface area contributed by atoms with Gasteiger partial charge >= 0.3 is 0 Å². The zero-order chi connectivity index (χ0) is 25.7. The molecule has 0 unspecified atom stereocenters. The molecule has 7 heteroatoms. The van der Waals surface area contributed by atoms with Gasteiger partial charge in [0.05, 0.1) is 6.54 Å². The van der Waals surface area contributed by atoms with Gasteiger partial charge in [0.15, 0.2) is 0 Å². The molecule has 0 saturated carbocycles. The van der Waals surface area contributed by atoms with Gasteiger partial charge in [-0.3, -0.25) is 19.3 Å². The van der Waals surface area contributed by atoms with Gasteiger partial charge in [0.1, 0.15) is 10.7 Å². The Labute approximate surface area is 216 Å². The third-order valence-corrected chi connectivity index (χ3v) is 6.44. The Hall–Kier alpha value is -3.90. The van der Waals surface area contributed by atoms with E-state index in [-0.39, 0.29) is 23.2 Å². The number of hydrogen-bond donors (Lipinski definition) is 2. The van der Waals surface area contributed by atoms with Gasteiger partial charge in [-0.25, -0.2) is 0 Å². The lowest BCUT2D eigenvalue weighted by atomic mass is 10.1. The average molecular weight is 502 g/mol. The summed E-state index contributed by atoms with van der Waals surface area (Å²) in [5, 5.41) is 5.73. The molecule has 0 spiro atoms. The van der Waals surface area contributed by atoms with E-state index >= 15 is 0 Å². The highest BCUT2D eigenvalue weighted by atomic mass is 35.5. The average Bonchev–Trinajstić information content (AvgIpc) is 3.08. The van der Waals surface area contributed by atoms with Crippen LogP contribution >= 0.6 is 11.6 Å². The summed E-state index contributed by atoms with van der Waals surface area (Å²) < 4.78 is 0. The first-order valence-corrected chi connectivity index (χ1v) is 12.3. The number of imide groups is 1. The minimum atomic E-state index is -0.554. The molecule has 0 saturated heterocycles. The fourth-order valence-electron chi connectivity index (χ4n) is 3.94. The second kappa shape index (κ2) is 11.2. The molecule has 6 nitrogen and oxygen atoms in total. The number of nitrogens with one attached hydrogen (secondary N) is 2. The summed E-state index contributed by atoms with van der Waals surface area (Å²) in [6, 6.07) is 22.2. The summed E-state index contributed by atoms with van der Waals surface area (Å²) in [5.41, 5.74) is 4.49. The van der Waals surface area contributed by atoms with Crippen molar-refractivity contribution in [2.75, 3.05) is 10.6 Å². The third-order valence-electron chi connectivity index (χ3n) is 6.09. The molecule has 1 aliphatic rings. The maximum Gasteiger partial charge on any atom is 0.279 e. The molecule has 36 heavy (non-hydrogen) atoms. The van der Waals surface area contributed by atoms with E-state index in [2.05, 4.69) is 17.6 Å². The normalized spacial score (nSPS) is 13.4. The molecule has 4 rings (SSSR count). The zero-order valence-corrected chi connectivity index (χ0v) is 21.1. The van der Waals surface area contributed by atoms with Gasteiger partial charge in [-0.1, -0.05) is 73.5 Å². The molecule has 2 N–H and O–H groups in total. The number of hydrogen-bond acceptors (Lipinski definition) is 4. The van der Waals surface area contributed by atoms with Crippen LogP contribution in [0.25, 0.3) is 0 Å². The van der Waals surface area contributed by atoms with Gasteiger partial charge in [-0.15, -0.1) is 0 Å². The van der Waals surface area contributed by atoms with Gasteiger partial charge < -0.3 is 10.6 Å². The summed E-state index contributed by atoms with van der Waals surface area (Å²) in [4.78, 5) is 39.7. The number of carbonyl (C=O) groups is 3. The number of aryl methyl sites for hydroxylation is 2. The minimum absolute atomic E-state index is 0.000856. The van der Waals surface area contributed by atoms with Gasteiger partial charge in [0.2, 0.25) is 0 Å². The molecule has 0 fully saturated rings. The lowest BCUT2D eigenvalue weighted by Gasteiger charge is -2.16. The first-order valence-electron chi connectivity index (χ1n) is 11.9. The second-order valence-electron chi connectivity index (χ2n) is 8.78. The molecular formula is C29H28ClN3O3. The summed E-state index contributed by atoms with van der Waals surface area (Å²) in [6.07, 6.45) is 3.28. The predicted molar refractivity (Wildman–Crippen MR) is 143 cm³/mol. The highest BCUT2D eigenvalue weighted by molar-refractivity contribution is 6.48. The van der Waals surface area contributed by atoms with Crippen LogP contribution < -0.4 is 10.6 Å². The Morgan fingerprint density at radius 1 is 0.917 bits per heavy atom. The van der Waals surface area contributed by atoms with Crippen LogP contribution in [0.4, 0.5) is 11.4 Å². The Balaban J connectivity index is 1.48. The van der Waals surface area contributed by atoms with Gasteiger partial charge in [0.25, 0.3) is 17.7 Å². The van der Waals surface area contributed by atoms with Gasteiger partial charge in [0, 0.05) is 16.9 Å². The summed E-state index contributed by atoms with van der Waals surface area (Å²) in [6.45, 7) is 4.13. The second-order valence-corrected chi connectivity index (χ2v) is 9.16. The van der Waals surface area contributed by atoms with Crippen molar-refractivity contribution in [3.05, 3.63) is 106 Å². The van der Waals surface area contributed by atoms with Crippen molar-refractivity contribution >= 4 is 40.7 Å². The van der Waals surface area contributed by atoms with Crippen LogP contribution in [0, 0.1) is 6.92 Å². The van der Waals surface area contributed by atoms with E-state index in [1.54, 1.807) is 18.2 Å². The highest BCUT2D eigenvalue weighted by Crippen LogP contribution is 2.29. The third kappa shape index (κ3) is 5.66. The fourth-order valence-corrected chi connectivity index (χ4v) is 4.17. The van der Waals surface area contributed by atoms with Crippen LogP contribution in [0.3, 0.4) is 0 Å². The number of amides is 3. The molecule has 3 aromatic carbocycles. The van der Waals surface area contributed by atoms with E-state index in [9.17, 15) is 14.4 Å². The number of halogens is 1. The maximum atomic E-state index is 13.0. The lowest BCUT2D eigenvalue weighted by molar-refractivity contribution is -0.138. The van der Waals surface area contributed by atoms with Gasteiger partial charge in [-0.2, -0.15) is 0 Å². The topological polar surface area (TPSA) is 78.5 Å². The number of rotatable bonds is 9. The van der Waals surface area contributed by atoms with Crippen molar-refractivity contribution in [1.82, 2.24) is 4.90 Å². The molecule has 0 aromatic heterocycles.